The molecule has 1 aromatic carbocycles. The summed E-state index contributed by atoms with van der Waals surface area (Å²) in [5.74, 6) is 0.354. The highest BCUT2D eigenvalue weighted by atomic mass is 31.2. The van der Waals surface area contributed by atoms with E-state index in [2.05, 4.69) is 15.0 Å². The monoisotopic (exact) mass is 533 g/mol. The number of nitrogens with two attached hydrogens (primary N) is 1. The van der Waals surface area contributed by atoms with Crippen molar-refractivity contribution in [1.29, 1.82) is 0 Å². The predicted molar refractivity (Wildman–Crippen MR) is 125 cm³/mol. The standard InChI is InChI=1S/C21H20N5O10P/c1-31-10-2-3-11-9(4-14(27)34-12(11)5-10)6-32-37(30)33-7-13-17(36-37)16(28)20(35-13)26-8-23-15-18(26)24-21(22)25-19(15)29/h2-5,8,13,16-17,20,28H,6-7H2,1H3,(H3,22,24,25,29)/t13-,16-,17-,20-,37+/m1/s1. The van der Waals surface area contributed by atoms with Crippen molar-refractivity contribution in [2.45, 2.75) is 31.1 Å². The molecule has 0 radical (unpaired) electrons. The maximum Gasteiger partial charge on any atom is 0.475 e. The molecule has 5 atom stereocenters. The molecular formula is C21H20N5O10P. The Morgan fingerprint density at radius 1 is 1.32 bits per heavy atom. The summed E-state index contributed by atoms with van der Waals surface area (Å²) in [4.78, 5) is 34.5. The van der Waals surface area contributed by atoms with Gasteiger partial charge in [-0.2, -0.15) is 4.98 Å². The second-order valence-electron chi connectivity index (χ2n) is 8.37. The van der Waals surface area contributed by atoms with E-state index in [1.807, 2.05) is 0 Å². The number of hydrogen-bond acceptors (Lipinski definition) is 13. The third kappa shape index (κ3) is 4.11. The van der Waals surface area contributed by atoms with Gasteiger partial charge in [0.1, 0.15) is 29.6 Å². The Balaban J connectivity index is 1.22. The molecule has 0 spiro atoms. The molecular weight excluding hydrogens is 513 g/mol. The molecule has 37 heavy (non-hydrogen) atoms. The minimum atomic E-state index is -4.17. The number of methoxy groups -OCH3 is 1. The molecule has 6 rings (SSSR count). The maximum absolute atomic E-state index is 13.3. The summed E-state index contributed by atoms with van der Waals surface area (Å²) in [6.07, 6.45) is -3.05. The van der Waals surface area contributed by atoms with Crippen LogP contribution in [0.5, 0.6) is 5.75 Å². The number of ether oxygens (including phenoxy) is 2. The van der Waals surface area contributed by atoms with Crippen molar-refractivity contribution in [3.05, 3.63) is 56.9 Å². The van der Waals surface area contributed by atoms with Crippen molar-refractivity contribution in [2.24, 2.45) is 0 Å². The Hall–Kier alpha value is -3.59. The van der Waals surface area contributed by atoms with Crippen molar-refractivity contribution in [2.75, 3.05) is 19.5 Å². The fourth-order valence-corrected chi connectivity index (χ4v) is 5.74. The lowest BCUT2D eigenvalue weighted by Crippen LogP contribution is -2.39. The van der Waals surface area contributed by atoms with E-state index in [0.717, 1.165) is 0 Å². The molecule has 0 bridgehead atoms. The number of nitrogens with zero attached hydrogens (tertiary/aromatic N) is 3. The number of aromatic nitrogens is 4. The molecule has 0 unspecified atom stereocenters. The summed E-state index contributed by atoms with van der Waals surface area (Å²) < 4.78 is 47.2. The summed E-state index contributed by atoms with van der Waals surface area (Å²) in [5.41, 5.74) is 5.20. The lowest BCUT2D eigenvalue weighted by Gasteiger charge is -2.30. The van der Waals surface area contributed by atoms with E-state index in [1.165, 1.54) is 24.1 Å². The van der Waals surface area contributed by atoms with Crippen LogP contribution in [0.25, 0.3) is 22.1 Å². The molecule has 0 saturated carbocycles. The van der Waals surface area contributed by atoms with E-state index in [9.17, 15) is 19.3 Å². The van der Waals surface area contributed by atoms with Crippen LogP contribution in [0.4, 0.5) is 5.95 Å². The van der Waals surface area contributed by atoms with Gasteiger partial charge in [-0.25, -0.2) is 14.3 Å². The molecule has 3 aromatic heterocycles. The molecule has 15 nitrogen and oxygen atoms in total. The highest BCUT2D eigenvalue weighted by Crippen LogP contribution is 2.57. The zero-order valence-electron chi connectivity index (χ0n) is 19.1. The number of rotatable bonds is 5. The number of aliphatic hydroxyl groups is 1. The summed E-state index contributed by atoms with van der Waals surface area (Å²) in [5, 5.41) is 11.5. The fourth-order valence-electron chi connectivity index (χ4n) is 4.36. The van der Waals surface area contributed by atoms with Gasteiger partial charge in [-0.15, -0.1) is 0 Å². The number of H-pyrrole nitrogens is 1. The van der Waals surface area contributed by atoms with Crippen LogP contribution in [-0.2, 0) is 29.5 Å². The quantitative estimate of drug-likeness (QED) is 0.240. The highest BCUT2D eigenvalue weighted by Gasteiger charge is 2.53. The molecule has 2 fully saturated rings. The zero-order chi connectivity index (χ0) is 25.9. The molecule has 4 aromatic rings. The SMILES string of the molecule is COc1ccc2c(CO[P@@]3(=O)OC[C@H]4O[C@@H](n5cnc6c(=O)[nH]c(N)nc65)[C@H](O)[C@@H]4O3)cc(=O)oc2c1. The van der Waals surface area contributed by atoms with E-state index in [1.54, 1.807) is 18.2 Å². The average molecular weight is 533 g/mol. The molecule has 0 amide bonds. The van der Waals surface area contributed by atoms with Gasteiger partial charge in [0.2, 0.25) is 5.95 Å². The van der Waals surface area contributed by atoms with Gasteiger partial charge >= 0.3 is 13.4 Å². The first-order valence-corrected chi connectivity index (χ1v) is 12.4. The third-order valence-electron chi connectivity index (χ3n) is 6.10. The van der Waals surface area contributed by atoms with Crippen LogP contribution in [0.1, 0.15) is 11.8 Å². The maximum atomic E-state index is 13.3. The van der Waals surface area contributed by atoms with Gasteiger partial charge in [0.05, 0.1) is 26.7 Å². The zero-order valence-corrected chi connectivity index (χ0v) is 20.0. The molecule has 4 N–H and O–H groups in total. The normalized spacial score (nSPS) is 27.5. The van der Waals surface area contributed by atoms with Gasteiger partial charge < -0.3 is 24.7 Å². The number of hydrogen-bond donors (Lipinski definition) is 3. The second-order valence-corrected chi connectivity index (χ2v) is 9.99. The van der Waals surface area contributed by atoms with Crippen molar-refractivity contribution >= 4 is 35.9 Å². The van der Waals surface area contributed by atoms with Crippen LogP contribution < -0.4 is 21.7 Å². The second kappa shape index (κ2) is 8.76. The molecule has 2 aliphatic heterocycles. The van der Waals surface area contributed by atoms with Gasteiger partial charge in [-0.3, -0.25) is 27.9 Å². The van der Waals surface area contributed by atoms with Gasteiger partial charge in [0, 0.05) is 17.5 Å². The van der Waals surface area contributed by atoms with E-state index < -0.39 is 43.5 Å². The van der Waals surface area contributed by atoms with Crippen molar-refractivity contribution < 1.29 is 37.1 Å². The first kappa shape index (κ1) is 23.8. The largest absolute Gasteiger partial charge is 0.497 e. The van der Waals surface area contributed by atoms with E-state index in [4.69, 9.17) is 33.2 Å². The third-order valence-corrected chi connectivity index (χ3v) is 7.51. The Morgan fingerprint density at radius 3 is 2.97 bits per heavy atom. The predicted octanol–water partition coefficient (Wildman–Crippen LogP) is 0.815. The van der Waals surface area contributed by atoms with Gasteiger partial charge in [0.15, 0.2) is 17.4 Å². The van der Waals surface area contributed by atoms with Crippen molar-refractivity contribution in [1.82, 2.24) is 19.5 Å². The summed E-state index contributed by atoms with van der Waals surface area (Å²) in [6.45, 7) is -0.519. The number of aromatic amines is 1. The van der Waals surface area contributed by atoms with E-state index in [0.29, 0.717) is 16.7 Å². The van der Waals surface area contributed by atoms with Gasteiger partial charge in [0.25, 0.3) is 5.56 Å². The topological polar surface area (TPSA) is 203 Å². The number of aliphatic hydroxyl groups excluding tert-OH is 1. The minimum absolute atomic E-state index is 0.00299. The summed E-state index contributed by atoms with van der Waals surface area (Å²) in [6, 6.07) is 6.10. The summed E-state index contributed by atoms with van der Waals surface area (Å²) >= 11 is 0. The minimum Gasteiger partial charge on any atom is -0.497 e. The molecule has 5 heterocycles. The number of imidazole rings is 1. The average Bonchev–Trinajstić information content (AvgIpc) is 3.42. The van der Waals surface area contributed by atoms with E-state index >= 15 is 0 Å². The smallest absolute Gasteiger partial charge is 0.475 e. The number of phosphoric ester groups is 1. The Bertz CT molecular complexity index is 1680. The number of nitrogens with one attached hydrogen (secondary N) is 1. The number of fused-ring (bicyclic) bond motifs is 3. The van der Waals surface area contributed by atoms with Crippen LogP contribution in [0.2, 0.25) is 0 Å². The molecule has 0 aliphatic carbocycles. The molecule has 194 valence electrons. The first-order chi connectivity index (χ1) is 17.7. The van der Waals surface area contributed by atoms with E-state index in [-0.39, 0.29) is 35.9 Å². The summed E-state index contributed by atoms with van der Waals surface area (Å²) in [7, 11) is -2.69. The van der Waals surface area contributed by atoms with Crippen molar-refractivity contribution in [3.8, 4) is 5.75 Å². The van der Waals surface area contributed by atoms with Crippen LogP contribution in [0.3, 0.4) is 0 Å². The first-order valence-electron chi connectivity index (χ1n) is 11.0. The fraction of sp³-hybridized carbons (Fsp3) is 0.333. The molecule has 2 aliphatic rings. The van der Waals surface area contributed by atoms with Crippen LogP contribution >= 0.6 is 7.82 Å². The number of anilines is 1. The van der Waals surface area contributed by atoms with Gasteiger partial charge in [-0.1, -0.05) is 0 Å². The number of benzene rings is 1. The Kier molecular flexibility index (Phi) is 5.63. The van der Waals surface area contributed by atoms with Crippen LogP contribution in [-0.4, -0.2) is 56.7 Å². The molecule has 2 saturated heterocycles. The number of nitrogen functional groups attached to an aromatic ring is 1. The molecule has 16 heteroatoms. The Morgan fingerprint density at radius 2 is 2.16 bits per heavy atom. The van der Waals surface area contributed by atoms with Crippen LogP contribution in [0, 0.1) is 0 Å². The number of phosphoric acid groups is 1. The lowest BCUT2D eigenvalue weighted by molar-refractivity contribution is -0.0714. The Labute approximate surface area is 206 Å². The van der Waals surface area contributed by atoms with Crippen LogP contribution in [0.15, 0.2) is 44.6 Å². The van der Waals surface area contributed by atoms with Gasteiger partial charge in [-0.05, 0) is 17.7 Å². The lowest BCUT2D eigenvalue weighted by atomic mass is 10.1. The highest BCUT2D eigenvalue weighted by molar-refractivity contribution is 7.48. The van der Waals surface area contributed by atoms with Crippen molar-refractivity contribution in [3.63, 3.8) is 0 Å².